The molecular weight excluding hydrogens is 296 g/mol. The maximum atomic E-state index is 11.8. The summed E-state index contributed by atoms with van der Waals surface area (Å²) in [6, 6.07) is 0. The molecule has 23 heavy (non-hydrogen) atoms. The van der Waals surface area contributed by atoms with Crippen molar-refractivity contribution in [3.63, 3.8) is 0 Å². The number of hydrogen-bond donors (Lipinski definition) is 1. The molecule has 3 heterocycles. The van der Waals surface area contributed by atoms with Crippen LogP contribution in [-0.4, -0.2) is 76.4 Å². The topological polar surface area (TPSA) is 89.5 Å². The average Bonchev–Trinajstić information content (AvgIpc) is 2.96. The monoisotopic (exact) mass is 322 g/mol. The fraction of sp³-hybridized carbons (Fsp3) is 0.800. The fourth-order valence-corrected chi connectivity index (χ4v) is 3.37. The number of rotatable bonds is 4. The van der Waals surface area contributed by atoms with Crippen LogP contribution in [0.5, 0.6) is 0 Å². The minimum atomic E-state index is 0.0189. The van der Waals surface area contributed by atoms with Gasteiger partial charge < -0.3 is 19.9 Å². The maximum absolute atomic E-state index is 11.8. The lowest BCUT2D eigenvalue weighted by molar-refractivity contribution is -0.130. The van der Waals surface area contributed by atoms with Gasteiger partial charge in [-0.25, -0.2) is 0 Å². The number of likely N-dealkylation sites (tertiary alicyclic amines) is 1. The molecule has 2 N–H and O–H groups in total. The van der Waals surface area contributed by atoms with Gasteiger partial charge in [0.2, 0.25) is 5.91 Å². The van der Waals surface area contributed by atoms with E-state index in [1.807, 2.05) is 11.9 Å². The van der Waals surface area contributed by atoms with Crippen LogP contribution in [0.1, 0.15) is 30.4 Å². The number of nitrogens with two attached hydrogens (primary N) is 1. The summed E-state index contributed by atoms with van der Waals surface area (Å²) in [5, 5.41) is 8.79. The summed E-state index contributed by atoms with van der Waals surface area (Å²) in [7, 11) is 2.02. The number of aromatic nitrogens is 3. The summed E-state index contributed by atoms with van der Waals surface area (Å²) in [5.74, 6) is 2.22. The molecule has 0 saturated carbocycles. The Morgan fingerprint density at radius 3 is 2.83 bits per heavy atom. The van der Waals surface area contributed by atoms with Crippen molar-refractivity contribution in [1.29, 1.82) is 0 Å². The van der Waals surface area contributed by atoms with E-state index in [9.17, 15) is 4.79 Å². The summed E-state index contributed by atoms with van der Waals surface area (Å²) in [6.45, 7) is 5.80. The molecule has 0 aliphatic carbocycles. The third-order valence-corrected chi connectivity index (χ3v) is 4.78. The molecule has 0 aromatic carbocycles. The first-order valence-electron chi connectivity index (χ1n) is 8.35. The Morgan fingerprint density at radius 2 is 2.09 bits per heavy atom. The molecule has 2 fully saturated rings. The average molecular weight is 322 g/mol. The number of piperidine rings is 1. The maximum Gasteiger partial charge on any atom is 0.236 e. The van der Waals surface area contributed by atoms with Crippen molar-refractivity contribution in [3.8, 4) is 0 Å². The largest absolute Gasteiger partial charge is 0.379 e. The van der Waals surface area contributed by atoms with E-state index in [1.54, 1.807) is 0 Å². The molecule has 1 aromatic rings. The molecule has 0 bridgehead atoms. The Bertz CT molecular complexity index is 540. The molecular formula is C15H26N6O2. The Morgan fingerprint density at radius 1 is 1.30 bits per heavy atom. The van der Waals surface area contributed by atoms with Crippen LogP contribution in [0.25, 0.3) is 0 Å². The van der Waals surface area contributed by atoms with Crippen molar-refractivity contribution in [1.82, 2.24) is 24.6 Å². The van der Waals surface area contributed by atoms with Crippen molar-refractivity contribution < 1.29 is 9.53 Å². The Kier molecular flexibility index (Phi) is 5.24. The van der Waals surface area contributed by atoms with Crippen LogP contribution in [0.3, 0.4) is 0 Å². The Labute approximate surface area is 136 Å². The second-order valence-electron chi connectivity index (χ2n) is 6.30. The summed E-state index contributed by atoms with van der Waals surface area (Å²) >= 11 is 0. The van der Waals surface area contributed by atoms with E-state index in [0.717, 1.165) is 63.9 Å². The van der Waals surface area contributed by atoms with Crippen LogP contribution in [0, 0.1) is 0 Å². The molecule has 3 rings (SSSR count). The molecule has 2 saturated heterocycles. The molecule has 0 radical (unpaired) electrons. The molecule has 128 valence electrons. The molecule has 0 unspecified atom stereocenters. The summed E-state index contributed by atoms with van der Waals surface area (Å²) in [5.41, 5.74) is 5.49. The smallest absolute Gasteiger partial charge is 0.236 e. The van der Waals surface area contributed by atoms with Crippen LogP contribution in [0.2, 0.25) is 0 Å². The number of ether oxygens (including phenoxy) is 1. The van der Waals surface area contributed by atoms with Gasteiger partial charge in [0.15, 0.2) is 0 Å². The molecule has 2 aliphatic rings. The predicted molar refractivity (Wildman–Crippen MR) is 84.7 cm³/mol. The van der Waals surface area contributed by atoms with Crippen LogP contribution >= 0.6 is 0 Å². The predicted octanol–water partition coefficient (Wildman–Crippen LogP) is -0.688. The minimum Gasteiger partial charge on any atom is -0.379 e. The molecule has 8 heteroatoms. The Hall–Kier alpha value is -1.51. The van der Waals surface area contributed by atoms with Gasteiger partial charge in [0.25, 0.3) is 0 Å². The van der Waals surface area contributed by atoms with Gasteiger partial charge in [0.05, 0.1) is 26.3 Å². The highest BCUT2D eigenvalue weighted by Crippen LogP contribution is 2.26. The van der Waals surface area contributed by atoms with Crippen molar-refractivity contribution in [2.24, 2.45) is 12.8 Å². The van der Waals surface area contributed by atoms with Gasteiger partial charge in [-0.2, -0.15) is 0 Å². The van der Waals surface area contributed by atoms with E-state index >= 15 is 0 Å². The van der Waals surface area contributed by atoms with E-state index in [4.69, 9.17) is 10.5 Å². The zero-order valence-electron chi connectivity index (χ0n) is 13.8. The number of nitrogens with zero attached hydrogens (tertiary/aromatic N) is 5. The summed E-state index contributed by atoms with van der Waals surface area (Å²) in [6.07, 6.45) is 2.03. The normalized spacial score (nSPS) is 23.2. The van der Waals surface area contributed by atoms with E-state index in [-0.39, 0.29) is 18.4 Å². The highest BCUT2D eigenvalue weighted by atomic mass is 16.5. The zero-order chi connectivity index (χ0) is 16.2. The van der Waals surface area contributed by atoms with E-state index in [2.05, 4.69) is 19.7 Å². The molecule has 8 nitrogen and oxygen atoms in total. The van der Waals surface area contributed by atoms with Gasteiger partial charge in [-0.15, -0.1) is 10.2 Å². The zero-order valence-corrected chi connectivity index (χ0v) is 13.8. The van der Waals surface area contributed by atoms with Crippen molar-refractivity contribution in [3.05, 3.63) is 11.6 Å². The van der Waals surface area contributed by atoms with Gasteiger partial charge >= 0.3 is 0 Å². The molecule has 1 aromatic heterocycles. The van der Waals surface area contributed by atoms with E-state index in [0.29, 0.717) is 6.54 Å². The molecule has 1 amide bonds. The number of morpholine rings is 1. The molecule has 1 atom stereocenters. The highest BCUT2D eigenvalue weighted by Gasteiger charge is 2.28. The number of carbonyl (C=O) groups excluding carboxylic acids is 1. The quantitative estimate of drug-likeness (QED) is 0.789. The second kappa shape index (κ2) is 7.37. The van der Waals surface area contributed by atoms with Gasteiger partial charge in [-0.1, -0.05) is 0 Å². The third kappa shape index (κ3) is 3.70. The third-order valence-electron chi connectivity index (χ3n) is 4.78. The van der Waals surface area contributed by atoms with Gasteiger partial charge in [0.1, 0.15) is 11.6 Å². The second-order valence-corrected chi connectivity index (χ2v) is 6.30. The molecule has 0 spiro atoms. The Balaban J connectivity index is 1.67. The van der Waals surface area contributed by atoms with Gasteiger partial charge in [-0.05, 0) is 12.8 Å². The van der Waals surface area contributed by atoms with Crippen molar-refractivity contribution >= 4 is 5.91 Å². The number of amides is 1. The van der Waals surface area contributed by atoms with Crippen LogP contribution < -0.4 is 5.73 Å². The number of carbonyl (C=O) groups is 1. The fourth-order valence-electron chi connectivity index (χ4n) is 3.37. The molecule has 2 aliphatic heterocycles. The lowest BCUT2D eigenvalue weighted by Crippen LogP contribution is -2.42. The lowest BCUT2D eigenvalue weighted by Gasteiger charge is -2.32. The van der Waals surface area contributed by atoms with Crippen LogP contribution in [-0.2, 0) is 23.1 Å². The highest BCUT2D eigenvalue weighted by molar-refractivity contribution is 5.78. The summed E-state index contributed by atoms with van der Waals surface area (Å²) in [4.78, 5) is 16.0. The van der Waals surface area contributed by atoms with E-state index < -0.39 is 0 Å². The van der Waals surface area contributed by atoms with Crippen molar-refractivity contribution in [2.75, 3.05) is 45.9 Å². The van der Waals surface area contributed by atoms with Crippen LogP contribution in [0.15, 0.2) is 0 Å². The summed E-state index contributed by atoms with van der Waals surface area (Å²) < 4.78 is 7.47. The van der Waals surface area contributed by atoms with Gasteiger partial charge in [-0.3, -0.25) is 9.69 Å². The first kappa shape index (κ1) is 16.4. The number of hydrogen-bond acceptors (Lipinski definition) is 6. The van der Waals surface area contributed by atoms with Crippen LogP contribution in [0.4, 0.5) is 0 Å². The van der Waals surface area contributed by atoms with Gasteiger partial charge in [0, 0.05) is 39.1 Å². The minimum absolute atomic E-state index is 0.0189. The van der Waals surface area contributed by atoms with E-state index in [1.165, 1.54) is 0 Å². The van der Waals surface area contributed by atoms with Crippen molar-refractivity contribution in [2.45, 2.75) is 25.3 Å². The standard InChI is InChI=1S/C15H26N6O2/c1-19-13(11-20-5-7-23-8-6-20)17-18-15(19)12-3-2-4-21(10-12)14(22)9-16/h12H,2-11,16H2,1H3/t12-/m0/s1. The SMILES string of the molecule is Cn1c(CN2CCOCC2)nnc1[C@H]1CCCN(C(=O)CN)C1. The first-order valence-corrected chi connectivity index (χ1v) is 8.35. The lowest BCUT2D eigenvalue weighted by atomic mass is 9.97. The first-order chi connectivity index (χ1) is 11.2.